The van der Waals surface area contributed by atoms with E-state index in [-0.39, 0.29) is 18.8 Å². The summed E-state index contributed by atoms with van der Waals surface area (Å²) in [6.07, 6.45) is 1.04. The van der Waals surface area contributed by atoms with E-state index in [1.165, 1.54) is 12.1 Å². The predicted molar refractivity (Wildman–Crippen MR) is 67.5 cm³/mol. The van der Waals surface area contributed by atoms with E-state index in [0.717, 1.165) is 6.42 Å². The standard InChI is InChI=1S/C12H18O5S/c1-2-6-11(9-10-13)16-18(14,15)17-12-7-4-3-5-8-12/h3-5,7-8,11,13H,2,6,9-10H2,1H3. The molecule has 0 aliphatic carbocycles. The zero-order valence-electron chi connectivity index (χ0n) is 10.3. The number of rotatable bonds is 8. The molecule has 0 fully saturated rings. The molecule has 1 N–H and O–H groups in total. The lowest BCUT2D eigenvalue weighted by Gasteiger charge is -2.15. The Morgan fingerprint density at radius 1 is 1.22 bits per heavy atom. The van der Waals surface area contributed by atoms with Gasteiger partial charge in [-0.05, 0) is 25.0 Å². The summed E-state index contributed by atoms with van der Waals surface area (Å²) in [6.45, 7) is 1.80. The van der Waals surface area contributed by atoms with Crippen molar-refractivity contribution in [2.45, 2.75) is 32.3 Å². The van der Waals surface area contributed by atoms with Crippen LogP contribution >= 0.6 is 0 Å². The largest absolute Gasteiger partial charge is 0.449 e. The second-order valence-corrected chi connectivity index (χ2v) is 5.00. The van der Waals surface area contributed by atoms with Crippen LogP contribution in [0.15, 0.2) is 30.3 Å². The van der Waals surface area contributed by atoms with Gasteiger partial charge in [0.25, 0.3) is 0 Å². The van der Waals surface area contributed by atoms with Gasteiger partial charge < -0.3 is 9.29 Å². The van der Waals surface area contributed by atoms with Crippen LogP contribution in [0.25, 0.3) is 0 Å². The molecule has 1 aromatic carbocycles. The smallest absolute Gasteiger partial charge is 0.396 e. The van der Waals surface area contributed by atoms with Crippen molar-refractivity contribution in [3.05, 3.63) is 30.3 Å². The summed E-state index contributed by atoms with van der Waals surface area (Å²) in [4.78, 5) is 0. The van der Waals surface area contributed by atoms with E-state index >= 15 is 0 Å². The maximum absolute atomic E-state index is 11.6. The van der Waals surface area contributed by atoms with E-state index in [0.29, 0.717) is 6.42 Å². The van der Waals surface area contributed by atoms with Crippen molar-refractivity contribution in [3.63, 3.8) is 0 Å². The fourth-order valence-corrected chi connectivity index (χ4v) is 2.40. The lowest BCUT2D eigenvalue weighted by Crippen LogP contribution is -2.23. The van der Waals surface area contributed by atoms with Gasteiger partial charge in [-0.25, -0.2) is 4.18 Å². The average molecular weight is 274 g/mol. The van der Waals surface area contributed by atoms with Crippen LogP contribution in [0.2, 0.25) is 0 Å². The lowest BCUT2D eigenvalue weighted by atomic mass is 10.1. The SMILES string of the molecule is CCCC(CCO)OS(=O)(=O)Oc1ccccc1. The van der Waals surface area contributed by atoms with Crippen LogP contribution in [-0.4, -0.2) is 26.2 Å². The van der Waals surface area contributed by atoms with E-state index in [2.05, 4.69) is 0 Å². The van der Waals surface area contributed by atoms with E-state index in [1.807, 2.05) is 6.92 Å². The molecule has 0 radical (unpaired) electrons. The van der Waals surface area contributed by atoms with Gasteiger partial charge in [-0.3, -0.25) is 0 Å². The quantitative estimate of drug-likeness (QED) is 0.783. The van der Waals surface area contributed by atoms with E-state index < -0.39 is 16.5 Å². The van der Waals surface area contributed by atoms with Crippen LogP contribution in [0.5, 0.6) is 5.75 Å². The van der Waals surface area contributed by atoms with Crippen LogP contribution in [0.3, 0.4) is 0 Å². The first-order chi connectivity index (χ1) is 8.57. The second kappa shape index (κ2) is 7.35. The summed E-state index contributed by atoms with van der Waals surface area (Å²) in [6, 6.07) is 8.15. The van der Waals surface area contributed by atoms with Gasteiger partial charge in [0, 0.05) is 6.61 Å². The summed E-state index contributed by atoms with van der Waals surface area (Å²) < 4.78 is 33.0. The minimum atomic E-state index is -4.09. The van der Waals surface area contributed by atoms with E-state index in [4.69, 9.17) is 13.5 Å². The van der Waals surface area contributed by atoms with Crippen molar-refractivity contribution < 1.29 is 21.9 Å². The first kappa shape index (κ1) is 14.9. The van der Waals surface area contributed by atoms with Gasteiger partial charge in [-0.2, -0.15) is 8.42 Å². The summed E-state index contributed by atoms with van der Waals surface area (Å²) in [5, 5.41) is 8.83. The highest BCUT2D eigenvalue weighted by Gasteiger charge is 2.20. The number of hydrogen-bond acceptors (Lipinski definition) is 5. The number of aliphatic hydroxyl groups is 1. The van der Waals surface area contributed by atoms with Crippen LogP contribution < -0.4 is 4.18 Å². The Labute approximate surface area is 108 Å². The average Bonchev–Trinajstić information content (AvgIpc) is 2.29. The molecule has 0 saturated carbocycles. The highest BCUT2D eigenvalue weighted by Crippen LogP contribution is 2.16. The Morgan fingerprint density at radius 3 is 2.44 bits per heavy atom. The molecule has 1 unspecified atom stereocenters. The summed E-state index contributed by atoms with van der Waals surface area (Å²) >= 11 is 0. The highest BCUT2D eigenvalue weighted by molar-refractivity contribution is 7.82. The van der Waals surface area contributed by atoms with Gasteiger partial charge in [0.2, 0.25) is 0 Å². The minimum Gasteiger partial charge on any atom is -0.396 e. The zero-order chi connectivity index (χ0) is 13.4. The van der Waals surface area contributed by atoms with Gasteiger partial charge in [0.1, 0.15) is 5.75 Å². The van der Waals surface area contributed by atoms with Crippen LogP contribution in [0, 0.1) is 0 Å². The number of para-hydroxylation sites is 1. The molecule has 5 nitrogen and oxygen atoms in total. The normalized spacial score (nSPS) is 13.2. The Kier molecular flexibility index (Phi) is 6.11. The van der Waals surface area contributed by atoms with E-state index in [9.17, 15) is 8.42 Å². The van der Waals surface area contributed by atoms with Crippen molar-refractivity contribution in [3.8, 4) is 5.75 Å². The zero-order valence-corrected chi connectivity index (χ0v) is 11.1. The Morgan fingerprint density at radius 2 is 1.89 bits per heavy atom. The van der Waals surface area contributed by atoms with Gasteiger partial charge in [0.05, 0.1) is 6.10 Å². The molecule has 0 amide bonds. The Bertz CT molecular complexity index is 423. The monoisotopic (exact) mass is 274 g/mol. The van der Waals surface area contributed by atoms with Crippen molar-refractivity contribution in [1.29, 1.82) is 0 Å². The van der Waals surface area contributed by atoms with Crippen molar-refractivity contribution >= 4 is 10.4 Å². The minimum absolute atomic E-state index is 0.120. The topological polar surface area (TPSA) is 72.8 Å². The summed E-state index contributed by atoms with van der Waals surface area (Å²) in [5.41, 5.74) is 0. The van der Waals surface area contributed by atoms with Crippen LogP contribution in [0.4, 0.5) is 0 Å². The van der Waals surface area contributed by atoms with Crippen molar-refractivity contribution in [2.24, 2.45) is 0 Å². The maximum Gasteiger partial charge on any atom is 0.449 e. The number of aliphatic hydroxyl groups excluding tert-OH is 1. The maximum atomic E-state index is 11.6. The first-order valence-electron chi connectivity index (χ1n) is 5.86. The molecule has 1 aromatic rings. The van der Waals surface area contributed by atoms with Gasteiger partial charge >= 0.3 is 10.4 Å². The molecule has 0 saturated heterocycles. The van der Waals surface area contributed by atoms with Gasteiger partial charge in [-0.1, -0.05) is 31.5 Å². The molecule has 0 spiro atoms. The molecule has 0 aromatic heterocycles. The second-order valence-electron chi connectivity index (χ2n) is 3.82. The lowest BCUT2D eigenvalue weighted by molar-refractivity contribution is 0.137. The molecule has 1 atom stereocenters. The predicted octanol–water partition coefficient (Wildman–Crippen LogP) is 1.88. The van der Waals surface area contributed by atoms with Crippen LogP contribution in [-0.2, 0) is 14.6 Å². The number of hydrogen-bond donors (Lipinski definition) is 1. The Hall–Kier alpha value is -1.11. The molecular weight excluding hydrogens is 256 g/mol. The third-order valence-corrected chi connectivity index (χ3v) is 3.16. The van der Waals surface area contributed by atoms with E-state index in [1.54, 1.807) is 18.2 Å². The molecule has 0 heterocycles. The first-order valence-corrected chi connectivity index (χ1v) is 7.19. The molecule has 6 heteroatoms. The molecule has 0 aliphatic heterocycles. The molecular formula is C12H18O5S. The molecule has 0 bridgehead atoms. The Balaban J connectivity index is 2.63. The van der Waals surface area contributed by atoms with Crippen LogP contribution in [0.1, 0.15) is 26.2 Å². The number of benzene rings is 1. The third-order valence-electron chi connectivity index (χ3n) is 2.26. The molecule has 102 valence electrons. The van der Waals surface area contributed by atoms with Crippen molar-refractivity contribution in [2.75, 3.05) is 6.61 Å². The van der Waals surface area contributed by atoms with Gasteiger partial charge in [-0.15, -0.1) is 0 Å². The summed E-state index contributed by atoms with van der Waals surface area (Å²) in [5.74, 6) is 0.205. The molecule has 18 heavy (non-hydrogen) atoms. The van der Waals surface area contributed by atoms with Crippen molar-refractivity contribution in [1.82, 2.24) is 0 Å². The third kappa shape index (κ3) is 5.48. The highest BCUT2D eigenvalue weighted by atomic mass is 32.3. The fraction of sp³-hybridized carbons (Fsp3) is 0.500. The molecule has 1 rings (SSSR count). The van der Waals surface area contributed by atoms with Gasteiger partial charge in [0.15, 0.2) is 0 Å². The summed E-state index contributed by atoms with van der Waals surface area (Å²) in [7, 11) is -4.09. The fourth-order valence-electron chi connectivity index (χ4n) is 1.49. The molecule has 0 aliphatic rings.